The lowest BCUT2D eigenvalue weighted by Crippen LogP contribution is -2.63. The van der Waals surface area contributed by atoms with Crippen LogP contribution in [-0.4, -0.2) is 62.6 Å². The van der Waals surface area contributed by atoms with Gasteiger partial charge in [0.2, 0.25) is 5.91 Å². The summed E-state index contributed by atoms with van der Waals surface area (Å²) in [6.07, 6.45) is -3.43. The number of amides is 1. The van der Waals surface area contributed by atoms with E-state index < -0.39 is 36.4 Å². The molecule has 22 heavy (non-hydrogen) atoms. The molecular weight excluding hydrogens is 308 g/mol. The highest BCUT2D eigenvalue weighted by atomic mass is 32.2. The minimum absolute atomic E-state index is 0.343. The molecule has 1 aliphatic rings. The van der Waals surface area contributed by atoms with Crippen molar-refractivity contribution in [3.8, 4) is 0 Å². The molecule has 1 aliphatic heterocycles. The molecule has 1 saturated heterocycles. The lowest BCUT2D eigenvalue weighted by Gasteiger charge is -2.42. The molecule has 0 unspecified atom stereocenters. The number of rotatable bonds is 4. The van der Waals surface area contributed by atoms with Crippen LogP contribution in [0.1, 0.15) is 12.6 Å². The number of ether oxygens (including phenoxy) is 1. The summed E-state index contributed by atoms with van der Waals surface area (Å²) in [5, 5.41) is 32.7. The van der Waals surface area contributed by atoms with Crippen LogP contribution in [0.4, 0.5) is 0 Å². The Kier molecular flexibility index (Phi) is 5.76. The second kappa shape index (κ2) is 7.38. The number of pyridine rings is 1. The maximum absolute atomic E-state index is 11.3. The molecule has 1 aromatic rings. The number of hydrogen-bond acceptors (Lipinski definition) is 7. The van der Waals surface area contributed by atoms with Gasteiger partial charge in [0.15, 0.2) is 0 Å². The molecule has 0 bridgehead atoms. The maximum atomic E-state index is 11.3. The fourth-order valence-electron chi connectivity index (χ4n) is 2.27. The van der Waals surface area contributed by atoms with E-state index in [1.807, 2.05) is 19.1 Å². The van der Waals surface area contributed by atoms with E-state index in [1.165, 1.54) is 18.7 Å². The summed E-state index contributed by atoms with van der Waals surface area (Å²) in [7, 11) is 0. The Balaban J connectivity index is 2.21. The predicted molar refractivity (Wildman–Crippen MR) is 80.2 cm³/mol. The Morgan fingerprint density at radius 3 is 2.73 bits per heavy atom. The quantitative estimate of drug-likeness (QED) is 0.585. The first kappa shape index (κ1) is 17.2. The number of aromatic nitrogens is 1. The van der Waals surface area contributed by atoms with Crippen LogP contribution in [-0.2, 0) is 9.53 Å². The monoisotopic (exact) mass is 328 g/mol. The molecule has 1 fully saturated rings. The first-order valence-electron chi connectivity index (χ1n) is 6.92. The van der Waals surface area contributed by atoms with Gasteiger partial charge in [0.25, 0.3) is 0 Å². The first-order valence-corrected chi connectivity index (χ1v) is 7.80. The maximum Gasteiger partial charge on any atom is 0.217 e. The van der Waals surface area contributed by atoms with E-state index in [2.05, 4.69) is 10.3 Å². The van der Waals surface area contributed by atoms with Gasteiger partial charge < -0.3 is 25.4 Å². The van der Waals surface area contributed by atoms with Crippen molar-refractivity contribution < 1.29 is 24.9 Å². The molecule has 0 radical (unpaired) electrons. The molecule has 1 aromatic heterocycles. The van der Waals surface area contributed by atoms with Crippen LogP contribution in [0.2, 0.25) is 0 Å². The summed E-state index contributed by atoms with van der Waals surface area (Å²) in [5.41, 5.74) is 0.157. The van der Waals surface area contributed by atoms with Gasteiger partial charge in [-0.1, -0.05) is 17.8 Å². The molecule has 8 heteroatoms. The molecule has 2 rings (SSSR count). The largest absolute Gasteiger partial charge is 0.394 e. The Morgan fingerprint density at radius 1 is 1.41 bits per heavy atom. The minimum Gasteiger partial charge on any atom is -0.394 e. The van der Waals surface area contributed by atoms with E-state index >= 15 is 0 Å². The summed E-state index contributed by atoms with van der Waals surface area (Å²) >= 11 is 1.22. The highest BCUT2D eigenvalue weighted by Gasteiger charge is 2.45. The second-order valence-corrected chi connectivity index (χ2v) is 6.29. The number of aryl methyl sites for hydroxylation is 1. The van der Waals surface area contributed by atoms with Gasteiger partial charge in [-0.3, -0.25) is 4.79 Å². The smallest absolute Gasteiger partial charge is 0.217 e. The highest BCUT2D eigenvalue weighted by molar-refractivity contribution is 7.99. The fraction of sp³-hybridized carbons (Fsp3) is 0.571. The molecule has 7 nitrogen and oxygen atoms in total. The first-order chi connectivity index (χ1) is 10.4. The van der Waals surface area contributed by atoms with E-state index in [9.17, 15) is 20.1 Å². The average Bonchev–Trinajstić information content (AvgIpc) is 2.46. The van der Waals surface area contributed by atoms with Crippen molar-refractivity contribution >= 4 is 17.7 Å². The van der Waals surface area contributed by atoms with Gasteiger partial charge in [0.1, 0.15) is 23.7 Å². The van der Waals surface area contributed by atoms with E-state index in [0.29, 0.717) is 5.03 Å². The predicted octanol–water partition coefficient (Wildman–Crippen LogP) is -0.574. The molecular formula is C14H20N2O5S. The van der Waals surface area contributed by atoms with Crippen LogP contribution < -0.4 is 5.32 Å². The zero-order valence-corrected chi connectivity index (χ0v) is 13.2. The lowest BCUT2D eigenvalue weighted by molar-refractivity contribution is -0.173. The van der Waals surface area contributed by atoms with Crippen LogP contribution in [0.5, 0.6) is 0 Å². The normalized spacial score (nSPS) is 31.8. The number of nitrogens with zero attached hydrogens (tertiary/aromatic N) is 1. The zero-order chi connectivity index (χ0) is 16.3. The van der Waals surface area contributed by atoms with E-state index in [4.69, 9.17) is 4.74 Å². The number of aliphatic hydroxyl groups excluding tert-OH is 3. The third-order valence-corrected chi connectivity index (χ3v) is 4.46. The molecule has 0 aromatic carbocycles. The van der Waals surface area contributed by atoms with Crippen LogP contribution >= 0.6 is 11.8 Å². The summed E-state index contributed by atoms with van der Waals surface area (Å²) in [6.45, 7) is 2.75. The van der Waals surface area contributed by atoms with Gasteiger partial charge in [0, 0.05) is 12.6 Å². The van der Waals surface area contributed by atoms with Crippen molar-refractivity contribution in [3.63, 3.8) is 0 Å². The van der Waals surface area contributed by atoms with Gasteiger partial charge >= 0.3 is 0 Å². The number of nitrogens with one attached hydrogen (secondary N) is 1. The van der Waals surface area contributed by atoms with Crippen molar-refractivity contribution in [3.05, 3.63) is 23.9 Å². The molecule has 4 N–H and O–H groups in total. The second-order valence-electron chi connectivity index (χ2n) is 5.17. The van der Waals surface area contributed by atoms with Gasteiger partial charge in [-0.2, -0.15) is 0 Å². The Morgan fingerprint density at radius 2 is 2.14 bits per heavy atom. The molecule has 0 spiro atoms. The number of thioether (sulfide) groups is 1. The van der Waals surface area contributed by atoms with Gasteiger partial charge in [-0.15, -0.1) is 0 Å². The fourth-order valence-corrected chi connectivity index (χ4v) is 3.44. The van der Waals surface area contributed by atoms with Crippen molar-refractivity contribution in [1.82, 2.24) is 10.3 Å². The van der Waals surface area contributed by atoms with Crippen molar-refractivity contribution in [1.29, 1.82) is 0 Å². The molecule has 122 valence electrons. The van der Waals surface area contributed by atoms with Gasteiger partial charge in [-0.05, 0) is 19.1 Å². The molecule has 0 saturated carbocycles. The summed E-state index contributed by atoms with van der Waals surface area (Å²) < 4.78 is 5.62. The van der Waals surface area contributed by atoms with Gasteiger partial charge in [-0.25, -0.2) is 4.98 Å². The summed E-state index contributed by atoms with van der Waals surface area (Å²) in [5.74, 6) is -0.343. The van der Waals surface area contributed by atoms with Crippen LogP contribution in [0.15, 0.2) is 23.2 Å². The van der Waals surface area contributed by atoms with E-state index in [0.717, 1.165) is 5.69 Å². The zero-order valence-electron chi connectivity index (χ0n) is 12.3. The number of aliphatic hydroxyl groups is 3. The van der Waals surface area contributed by atoms with Gasteiger partial charge in [0.05, 0.1) is 17.7 Å². The summed E-state index contributed by atoms with van der Waals surface area (Å²) in [6, 6.07) is 4.68. The Bertz CT molecular complexity index is 530. The Hall–Kier alpha value is -1.19. The van der Waals surface area contributed by atoms with E-state index in [-0.39, 0.29) is 5.91 Å². The van der Waals surface area contributed by atoms with E-state index in [1.54, 1.807) is 6.07 Å². The highest BCUT2D eigenvalue weighted by Crippen LogP contribution is 2.32. The van der Waals surface area contributed by atoms with Crippen molar-refractivity contribution in [2.75, 3.05) is 6.61 Å². The van der Waals surface area contributed by atoms with Crippen molar-refractivity contribution in [2.45, 2.75) is 48.7 Å². The third kappa shape index (κ3) is 3.96. The van der Waals surface area contributed by atoms with Crippen LogP contribution in [0.3, 0.4) is 0 Å². The molecule has 5 atom stereocenters. The topological polar surface area (TPSA) is 112 Å². The minimum atomic E-state index is -1.27. The SMILES string of the molecule is CC(=O)N[C@@H]1[C@@H](O)[C@H](O)[C@@H](CO)O[C@H]1Sc1cccc(C)n1. The number of carbonyl (C=O) groups excluding carboxylic acids is 1. The molecule has 2 heterocycles. The van der Waals surface area contributed by atoms with Crippen LogP contribution in [0, 0.1) is 6.92 Å². The molecule has 0 aliphatic carbocycles. The number of hydrogen-bond donors (Lipinski definition) is 4. The third-order valence-electron chi connectivity index (χ3n) is 3.35. The Labute approximate surface area is 132 Å². The lowest BCUT2D eigenvalue weighted by atomic mass is 9.98. The van der Waals surface area contributed by atoms with Crippen LogP contribution in [0.25, 0.3) is 0 Å². The summed E-state index contributed by atoms with van der Waals surface area (Å²) in [4.78, 5) is 15.7. The average molecular weight is 328 g/mol. The van der Waals surface area contributed by atoms with Crippen molar-refractivity contribution in [2.24, 2.45) is 0 Å². The molecule has 1 amide bonds. The number of carbonyl (C=O) groups is 1. The standard InChI is InChI=1S/C14H20N2O5S/c1-7-4-3-5-10(15-7)22-14-11(16-8(2)18)13(20)12(19)9(6-17)21-14/h3-5,9,11-14,17,19-20H,6H2,1-2H3,(H,16,18)/t9-,11-,12-,13-,14+/m1/s1.